The van der Waals surface area contributed by atoms with E-state index in [-0.39, 0.29) is 0 Å². The number of benzene rings is 11. The summed E-state index contributed by atoms with van der Waals surface area (Å²) in [7, 11) is 0. The number of anilines is 3. The van der Waals surface area contributed by atoms with Crippen LogP contribution in [-0.2, 0) is 10.8 Å². The highest BCUT2D eigenvalue weighted by molar-refractivity contribution is 5.91. The maximum Gasteiger partial charge on any atom is 0.0720 e. The van der Waals surface area contributed by atoms with Gasteiger partial charge in [-0.1, -0.05) is 243 Å². The predicted molar refractivity (Wildman–Crippen MR) is 287 cm³/mol. The monoisotopic (exact) mass is 877 g/mol. The second-order valence-electron chi connectivity index (χ2n) is 18.3. The predicted octanol–water partition coefficient (Wildman–Crippen LogP) is 17.2. The zero-order valence-corrected chi connectivity index (χ0v) is 38.1. The van der Waals surface area contributed by atoms with E-state index in [1.807, 2.05) is 0 Å². The standard InChI is InChI=1S/C68H47N/c1-5-19-48(20-6-1)50-37-42-57(43-38-50)69(56-25-11-4-12-26-56)58-44-39-51(40-45-58)49-33-35-52(36-34-49)53-41-46-60-59-27-13-14-28-61(59)68(66(60)47-53)64-31-17-15-29-62(64)67(54-21-7-2-8-22-54,55-23-9-3-10-24-55)63-30-16-18-32-65(63)68/h1-47H. The molecule has 1 heteroatoms. The van der Waals surface area contributed by atoms with Crippen molar-refractivity contribution in [3.05, 3.63) is 330 Å². The van der Waals surface area contributed by atoms with Crippen LogP contribution in [0, 0.1) is 0 Å². The van der Waals surface area contributed by atoms with Crippen molar-refractivity contribution < 1.29 is 0 Å². The highest BCUT2D eigenvalue weighted by Gasteiger charge is 2.56. The van der Waals surface area contributed by atoms with Crippen LogP contribution in [0.2, 0.25) is 0 Å². The van der Waals surface area contributed by atoms with E-state index in [0.29, 0.717) is 0 Å². The van der Waals surface area contributed by atoms with Crippen LogP contribution in [-0.4, -0.2) is 0 Å². The zero-order valence-electron chi connectivity index (χ0n) is 38.1. The van der Waals surface area contributed by atoms with Crippen LogP contribution in [0.4, 0.5) is 17.1 Å². The number of rotatable bonds is 8. The molecule has 0 N–H and O–H groups in total. The van der Waals surface area contributed by atoms with E-state index in [0.717, 1.165) is 17.1 Å². The minimum Gasteiger partial charge on any atom is -0.311 e. The maximum atomic E-state index is 2.50. The molecule has 11 aromatic rings. The first-order chi connectivity index (χ1) is 34.2. The fourth-order valence-corrected chi connectivity index (χ4v) is 11.9. The van der Waals surface area contributed by atoms with Crippen LogP contribution in [0.15, 0.2) is 285 Å². The van der Waals surface area contributed by atoms with Crippen LogP contribution < -0.4 is 4.90 Å². The molecule has 324 valence electrons. The number of hydrogen-bond acceptors (Lipinski definition) is 1. The van der Waals surface area contributed by atoms with Gasteiger partial charge in [-0.15, -0.1) is 0 Å². The molecule has 1 spiro atoms. The second kappa shape index (κ2) is 16.5. The summed E-state index contributed by atoms with van der Waals surface area (Å²) in [5.41, 5.74) is 22.5. The van der Waals surface area contributed by atoms with Crippen LogP contribution >= 0.6 is 0 Å². The Kier molecular flexibility index (Phi) is 9.70. The van der Waals surface area contributed by atoms with Gasteiger partial charge in [-0.2, -0.15) is 0 Å². The van der Waals surface area contributed by atoms with Crippen LogP contribution in [0.5, 0.6) is 0 Å². The van der Waals surface area contributed by atoms with Gasteiger partial charge >= 0.3 is 0 Å². The maximum absolute atomic E-state index is 2.50. The highest BCUT2D eigenvalue weighted by Crippen LogP contribution is 2.64. The van der Waals surface area contributed by atoms with Gasteiger partial charge in [0.05, 0.1) is 10.8 Å². The normalized spacial score (nSPS) is 13.4. The van der Waals surface area contributed by atoms with E-state index < -0.39 is 10.8 Å². The van der Waals surface area contributed by atoms with Crippen molar-refractivity contribution >= 4 is 17.1 Å². The Labute approximate surface area is 404 Å². The molecule has 0 unspecified atom stereocenters. The van der Waals surface area contributed by atoms with Crippen LogP contribution in [0.1, 0.15) is 44.5 Å². The Hall–Kier alpha value is -8.78. The van der Waals surface area contributed by atoms with Gasteiger partial charge in [0, 0.05) is 17.1 Å². The molecule has 0 heterocycles. The molecule has 69 heavy (non-hydrogen) atoms. The Balaban J connectivity index is 0.897. The van der Waals surface area contributed by atoms with Gasteiger partial charge in [-0.3, -0.25) is 0 Å². The molecular weight excluding hydrogens is 831 g/mol. The Bertz CT molecular complexity index is 3530. The third-order valence-corrected chi connectivity index (χ3v) is 14.9. The third kappa shape index (κ3) is 6.32. The molecule has 13 rings (SSSR count). The van der Waals surface area contributed by atoms with Crippen molar-refractivity contribution in [2.45, 2.75) is 10.8 Å². The smallest absolute Gasteiger partial charge is 0.0720 e. The van der Waals surface area contributed by atoms with Gasteiger partial charge in [0.25, 0.3) is 0 Å². The highest BCUT2D eigenvalue weighted by atomic mass is 15.1. The molecule has 0 fully saturated rings. The average Bonchev–Trinajstić information content (AvgIpc) is 3.73. The summed E-state index contributed by atoms with van der Waals surface area (Å²) in [4.78, 5) is 2.33. The molecule has 0 saturated carbocycles. The van der Waals surface area contributed by atoms with E-state index in [1.54, 1.807) is 0 Å². The fourth-order valence-electron chi connectivity index (χ4n) is 11.9. The second-order valence-corrected chi connectivity index (χ2v) is 18.3. The van der Waals surface area contributed by atoms with Crippen LogP contribution in [0.25, 0.3) is 44.5 Å². The van der Waals surface area contributed by atoms with Gasteiger partial charge in [0.1, 0.15) is 0 Å². The SMILES string of the molecule is c1ccc(-c2ccc(N(c3ccccc3)c3ccc(-c4ccc(-c5ccc6c(c5)C5(c7ccccc7-6)c6ccccc6C(c6ccccc6)(c6ccccc6)c6ccccc65)cc4)cc3)cc2)cc1. The van der Waals surface area contributed by atoms with Crippen LogP contribution in [0.3, 0.4) is 0 Å². The minimum atomic E-state index is -0.540. The first kappa shape index (κ1) is 40.5. The molecule has 1 nitrogen and oxygen atoms in total. The molecule has 2 aliphatic carbocycles. The van der Waals surface area contributed by atoms with Gasteiger partial charge in [-0.05, 0) is 131 Å². The lowest BCUT2D eigenvalue weighted by Crippen LogP contribution is -2.44. The number of para-hydroxylation sites is 1. The molecule has 0 radical (unpaired) electrons. The van der Waals surface area contributed by atoms with E-state index in [9.17, 15) is 0 Å². The van der Waals surface area contributed by atoms with Crippen molar-refractivity contribution in [2.24, 2.45) is 0 Å². The van der Waals surface area contributed by atoms with Crippen molar-refractivity contribution in [1.29, 1.82) is 0 Å². The molecule has 0 aromatic heterocycles. The lowest BCUT2D eigenvalue weighted by Gasteiger charge is -2.50. The molecule has 0 aliphatic heterocycles. The first-order valence-electron chi connectivity index (χ1n) is 24.0. The van der Waals surface area contributed by atoms with E-state index in [2.05, 4.69) is 290 Å². The third-order valence-electron chi connectivity index (χ3n) is 14.9. The molecule has 0 amide bonds. The number of fused-ring (bicyclic) bond motifs is 9. The van der Waals surface area contributed by atoms with Gasteiger partial charge in [-0.25, -0.2) is 0 Å². The largest absolute Gasteiger partial charge is 0.311 e. The van der Waals surface area contributed by atoms with Crippen molar-refractivity contribution in [3.8, 4) is 44.5 Å². The molecule has 2 aliphatic rings. The van der Waals surface area contributed by atoms with Crippen molar-refractivity contribution in [1.82, 2.24) is 0 Å². The average molecular weight is 878 g/mol. The molecule has 0 saturated heterocycles. The minimum absolute atomic E-state index is 0.529. The van der Waals surface area contributed by atoms with Gasteiger partial charge in [0.2, 0.25) is 0 Å². The summed E-state index contributed by atoms with van der Waals surface area (Å²) in [6.45, 7) is 0. The number of hydrogen-bond donors (Lipinski definition) is 0. The Morgan fingerprint density at radius 1 is 0.203 bits per heavy atom. The molecule has 11 aromatic carbocycles. The van der Waals surface area contributed by atoms with Crippen molar-refractivity contribution in [2.75, 3.05) is 4.90 Å². The molecule has 0 bridgehead atoms. The summed E-state index contributed by atoms with van der Waals surface area (Å²) >= 11 is 0. The van der Waals surface area contributed by atoms with E-state index in [4.69, 9.17) is 0 Å². The summed E-state index contributed by atoms with van der Waals surface area (Å²) in [6.07, 6.45) is 0. The fraction of sp³-hybridized carbons (Fsp3) is 0.0294. The number of nitrogens with zero attached hydrogens (tertiary/aromatic N) is 1. The first-order valence-corrected chi connectivity index (χ1v) is 24.0. The van der Waals surface area contributed by atoms with Crippen molar-refractivity contribution in [3.63, 3.8) is 0 Å². The topological polar surface area (TPSA) is 3.24 Å². The van der Waals surface area contributed by atoms with Gasteiger partial charge < -0.3 is 4.90 Å². The quantitative estimate of drug-likeness (QED) is 0.147. The van der Waals surface area contributed by atoms with Gasteiger partial charge in [0.15, 0.2) is 0 Å². The summed E-state index contributed by atoms with van der Waals surface area (Å²) in [5, 5.41) is 0. The lowest BCUT2D eigenvalue weighted by atomic mass is 9.51. The summed E-state index contributed by atoms with van der Waals surface area (Å²) < 4.78 is 0. The van der Waals surface area contributed by atoms with E-state index >= 15 is 0 Å². The Morgan fingerprint density at radius 2 is 0.522 bits per heavy atom. The summed E-state index contributed by atoms with van der Waals surface area (Å²) in [5.74, 6) is 0. The van der Waals surface area contributed by atoms with E-state index in [1.165, 1.54) is 89.0 Å². The zero-order chi connectivity index (χ0) is 45.8. The molecular formula is C68H47N. The molecule has 0 atom stereocenters. The summed E-state index contributed by atoms with van der Waals surface area (Å²) in [6, 6.07) is 105. The lowest BCUT2D eigenvalue weighted by molar-refractivity contribution is 0.624. The Morgan fingerprint density at radius 3 is 1.01 bits per heavy atom.